The molecule has 1 aromatic carbocycles. The van der Waals surface area contributed by atoms with Crippen molar-refractivity contribution in [3.63, 3.8) is 0 Å². The minimum atomic E-state index is -0.710. The van der Waals surface area contributed by atoms with Crippen molar-refractivity contribution in [3.05, 3.63) is 33.9 Å². The number of hydrogen-bond acceptors (Lipinski definition) is 5. The summed E-state index contributed by atoms with van der Waals surface area (Å²) in [6.07, 6.45) is 6.25. The van der Waals surface area contributed by atoms with E-state index < -0.39 is 22.3 Å². The number of benzene rings is 1. The number of aromatic hydroxyl groups is 1. The largest absolute Gasteiger partial charge is 0.502 e. The number of nitro groups is 1. The van der Waals surface area contributed by atoms with Gasteiger partial charge in [-0.2, -0.15) is 11.8 Å². The molecule has 0 atom stereocenters. The summed E-state index contributed by atoms with van der Waals surface area (Å²) in [6.45, 7) is 0.500. The number of phenolic OH excluding ortho intramolecular Hbond substituents is 1. The normalized spacial score (nSPS) is 10.3. The molecule has 7 heteroatoms. The van der Waals surface area contributed by atoms with Crippen molar-refractivity contribution in [2.45, 2.75) is 25.7 Å². The van der Waals surface area contributed by atoms with Crippen LogP contribution in [0.2, 0.25) is 0 Å². The van der Waals surface area contributed by atoms with E-state index in [0.717, 1.165) is 31.1 Å². The number of unbranched alkanes of at least 4 members (excludes halogenated alkanes) is 3. The molecule has 6 nitrogen and oxygen atoms in total. The van der Waals surface area contributed by atoms with Crippen LogP contribution in [0, 0.1) is 10.1 Å². The predicted octanol–water partition coefficient (Wildman–Crippen LogP) is 2.95. The first-order chi connectivity index (χ1) is 10.1. The molecule has 0 aliphatic carbocycles. The molecule has 1 rings (SSSR count). The molecule has 0 saturated heterocycles. The maximum Gasteiger partial charge on any atom is 0.311 e. The van der Waals surface area contributed by atoms with E-state index in [1.165, 1.54) is 18.6 Å². The first-order valence-electron chi connectivity index (χ1n) is 6.81. The Labute approximate surface area is 128 Å². The van der Waals surface area contributed by atoms with Gasteiger partial charge in [0.25, 0.3) is 5.91 Å². The van der Waals surface area contributed by atoms with Crippen LogP contribution in [0.5, 0.6) is 5.75 Å². The van der Waals surface area contributed by atoms with Crippen molar-refractivity contribution >= 4 is 23.4 Å². The third-order valence-electron chi connectivity index (χ3n) is 3.02. The molecule has 1 amide bonds. The van der Waals surface area contributed by atoms with Gasteiger partial charge in [-0.15, -0.1) is 0 Å². The van der Waals surface area contributed by atoms with Crippen LogP contribution in [0.15, 0.2) is 18.2 Å². The van der Waals surface area contributed by atoms with E-state index in [0.29, 0.717) is 6.54 Å². The molecule has 0 bridgehead atoms. The highest BCUT2D eigenvalue weighted by Gasteiger charge is 2.20. The van der Waals surface area contributed by atoms with Gasteiger partial charge in [0.1, 0.15) is 0 Å². The van der Waals surface area contributed by atoms with E-state index >= 15 is 0 Å². The number of nitro benzene ring substituents is 1. The van der Waals surface area contributed by atoms with Crippen LogP contribution < -0.4 is 5.32 Å². The zero-order valence-electron chi connectivity index (χ0n) is 12.0. The molecule has 0 unspecified atom stereocenters. The second-order valence-electron chi connectivity index (χ2n) is 4.59. The molecule has 0 aromatic heterocycles. The number of amides is 1. The number of hydrogen-bond donors (Lipinski definition) is 2. The zero-order valence-corrected chi connectivity index (χ0v) is 12.8. The molecule has 0 radical (unpaired) electrons. The number of carbonyl (C=O) groups is 1. The van der Waals surface area contributed by atoms with Crippen LogP contribution in [-0.4, -0.2) is 34.5 Å². The fourth-order valence-corrected chi connectivity index (χ4v) is 2.38. The first kappa shape index (κ1) is 17.3. The lowest BCUT2D eigenvalue weighted by atomic mass is 10.1. The van der Waals surface area contributed by atoms with Crippen LogP contribution in [0.3, 0.4) is 0 Å². The Morgan fingerprint density at radius 3 is 2.71 bits per heavy atom. The topological polar surface area (TPSA) is 92.5 Å². The van der Waals surface area contributed by atoms with E-state index in [-0.39, 0.29) is 5.56 Å². The zero-order chi connectivity index (χ0) is 15.7. The average Bonchev–Trinajstić information content (AvgIpc) is 2.46. The standard InChI is InChI=1S/C14H20N2O4S/c1-21-10-5-3-2-4-9-15-14(18)11-7-6-8-12(13(11)17)16(19)20/h6-8,17H,2-5,9-10H2,1H3,(H,15,18). The number of nitrogens with one attached hydrogen (secondary N) is 1. The van der Waals surface area contributed by atoms with Crippen molar-refractivity contribution in [1.82, 2.24) is 5.32 Å². The summed E-state index contributed by atoms with van der Waals surface area (Å²) >= 11 is 1.82. The van der Waals surface area contributed by atoms with Crippen LogP contribution in [0.1, 0.15) is 36.0 Å². The van der Waals surface area contributed by atoms with Crippen molar-refractivity contribution in [3.8, 4) is 5.75 Å². The molecule has 0 aliphatic heterocycles. The monoisotopic (exact) mass is 312 g/mol. The van der Waals surface area contributed by atoms with E-state index in [2.05, 4.69) is 11.6 Å². The van der Waals surface area contributed by atoms with Crippen LogP contribution >= 0.6 is 11.8 Å². The van der Waals surface area contributed by atoms with Gasteiger partial charge in [0, 0.05) is 12.6 Å². The Morgan fingerprint density at radius 1 is 1.33 bits per heavy atom. The van der Waals surface area contributed by atoms with Gasteiger partial charge < -0.3 is 10.4 Å². The van der Waals surface area contributed by atoms with E-state index in [4.69, 9.17) is 0 Å². The number of rotatable bonds is 9. The van der Waals surface area contributed by atoms with E-state index in [1.807, 2.05) is 11.8 Å². The maximum absolute atomic E-state index is 11.9. The van der Waals surface area contributed by atoms with Crippen molar-refractivity contribution < 1.29 is 14.8 Å². The molecule has 0 aliphatic rings. The fourth-order valence-electron chi connectivity index (χ4n) is 1.88. The molecular formula is C14H20N2O4S. The second kappa shape index (κ2) is 9.23. The number of nitrogens with zero attached hydrogens (tertiary/aromatic N) is 1. The summed E-state index contributed by atoms with van der Waals surface area (Å²) in [4.78, 5) is 21.9. The minimum Gasteiger partial charge on any atom is -0.502 e. The van der Waals surface area contributed by atoms with Crippen molar-refractivity contribution in [2.24, 2.45) is 0 Å². The Balaban J connectivity index is 2.42. The molecule has 0 heterocycles. The summed E-state index contributed by atoms with van der Waals surface area (Å²) < 4.78 is 0. The highest BCUT2D eigenvalue weighted by atomic mass is 32.2. The van der Waals surface area contributed by atoms with Gasteiger partial charge in [-0.25, -0.2) is 0 Å². The highest BCUT2D eigenvalue weighted by Crippen LogP contribution is 2.28. The number of phenols is 1. The summed E-state index contributed by atoms with van der Waals surface area (Å²) in [5, 5.41) is 23.1. The molecule has 1 aromatic rings. The summed E-state index contributed by atoms with van der Waals surface area (Å²) in [7, 11) is 0. The smallest absolute Gasteiger partial charge is 0.311 e. The number of carbonyl (C=O) groups excluding carboxylic acids is 1. The van der Waals surface area contributed by atoms with Gasteiger partial charge in [0.15, 0.2) is 0 Å². The van der Waals surface area contributed by atoms with Crippen molar-refractivity contribution in [1.29, 1.82) is 0 Å². The molecule has 0 spiro atoms. The Morgan fingerprint density at radius 2 is 2.05 bits per heavy atom. The maximum atomic E-state index is 11.9. The molecule has 2 N–H and O–H groups in total. The average molecular weight is 312 g/mol. The van der Waals surface area contributed by atoms with Gasteiger partial charge in [0.2, 0.25) is 5.75 Å². The van der Waals surface area contributed by atoms with Gasteiger partial charge in [-0.1, -0.05) is 18.9 Å². The van der Waals surface area contributed by atoms with E-state index in [1.54, 1.807) is 0 Å². The van der Waals surface area contributed by atoms with Gasteiger partial charge in [0.05, 0.1) is 10.5 Å². The Hall–Kier alpha value is -1.76. The third kappa shape index (κ3) is 5.63. The first-order valence-corrected chi connectivity index (χ1v) is 8.20. The number of para-hydroxylation sites is 1. The SMILES string of the molecule is CSCCCCCCNC(=O)c1cccc([N+](=O)[O-])c1O. The molecule has 0 fully saturated rings. The lowest BCUT2D eigenvalue weighted by Gasteiger charge is -2.07. The highest BCUT2D eigenvalue weighted by molar-refractivity contribution is 7.98. The van der Waals surface area contributed by atoms with Gasteiger partial charge in [-0.3, -0.25) is 14.9 Å². The minimum absolute atomic E-state index is 0.0633. The fraction of sp³-hybridized carbons (Fsp3) is 0.500. The number of thioether (sulfide) groups is 1. The molecule has 0 saturated carbocycles. The summed E-state index contributed by atoms with van der Waals surface area (Å²) in [5.74, 6) is 0.0776. The molecular weight excluding hydrogens is 292 g/mol. The Bertz CT molecular complexity index is 494. The molecule has 116 valence electrons. The van der Waals surface area contributed by atoms with Gasteiger partial charge in [-0.05, 0) is 30.9 Å². The van der Waals surface area contributed by atoms with Crippen molar-refractivity contribution in [2.75, 3.05) is 18.6 Å². The third-order valence-corrected chi connectivity index (χ3v) is 3.71. The summed E-state index contributed by atoms with van der Waals surface area (Å²) in [6, 6.07) is 3.92. The van der Waals surface area contributed by atoms with Crippen LogP contribution in [0.4, 0.5) is 5.69 Å². The lowest BCUT2D eigenvalue weighted by molar-refractivity contribution is -0.385. The van der Waals surface area contributed by atoms with E-state index in [9.17, 15) is 20.0 Å². The predicted molar refractivity (Wildman–Crippen MR) is 83.9 cm³/mol. The second-order valence-corrected chi connectivity index (χ2v) is 5.58. The Kier molecular flexibility index (Phi) is 7.60. The summed E-state index contributed by atoms with van der Waals surface area (Å²) in [5.41, 5.74) is -0.522. The van der Waals surface area contributed by atoms with Crippen LogP contribution in [0.25, 0.3) is 0 Å². The van der Waals surface area contributed by atoms with Crippen LogP contribution in [-0.2, 0) is 0 Å². The lowest BCUT2D eigenvalue weighted by Crippen LogP contribution is -2.24. The van der Waals surface area contributed by atoms with Gasteiger partial charge >= 0.3 is 5.69 Å². The quantitative estimate of drug-likeness (QED) is 0.415. The molecule has 21 heavy (non-hydrogen) atoms.